The van der Waals surface area contributed by atoms with E-state index in [0.717, 1.165) is 12.1 Å². The highest BCUT2D eigenvalue weighted by Gasteiger charge is 2.43. The molecule has 1 aliphatic heterocycles. The van der Waals surface area contributed by atoms with Crippen molar-refractivity contribution in [2.24, 2.45) is 5.73 Å². The van der Waals surface area contributed by atoms with Crippen molar-refractivity contribution in [1.29, 1.82) is 0 Å². The molecule has 4 aromatic rings. The molecule has 0 bridgehead atoms. The number of pyridine rings is 1. The molecule has 0 radical (unpaired) electrons. The van der Waals surface area contributed by atoms with E-state index in [1.165, 1.54) is 19.5 Å². The van der Waals surface area contributed by atoms with E-state index in [1.54, 1.807) is 27.8 Å². The number of aliphatic hydroxyl groups is 1. The molecule has 9 nitrogen and oxygen atoms in total. The third-order valence-electron chi connectivity index (χ3n) is 7.11. The standard InChI is InChI=1S/C26H27F4N7O2/c1-39-21-10-17(27)16(9-18(21)28)19-8-14(7-15-11-35-25-24(31)33-4-6-37(15)25)20(12-34-19)36-5-2-3-26(32,13-36)22(38)23(29)30/h4,6,8-12,22-23,38H,2-3,5,7,13,32H2,1H3,(H2,31,33)/t22-,26-/m1/s1. The Kier molecular flexibility index (Phi) is 7.03. The molecule has 1 fully saturated rings. The predicted molar refractivity (Wildman–Crippen MR) is 137 cm³/mol. The van der Waals surface area contributed by atoms with E-state index < -0.39 is 29.7 Å². The van der Waals surface area contributed by atoms with Crippen LogP contribution in [0.25, 0.3) is 16.9 Å². The summed E-state index contributed by atoms with van der Waals surface area (Å²) < 4.78 is 62.8. The van der Waals surface area contributed by atoms with Crippen LogP contribution in [-0.4, -0.2) is 62.7 Å². The van der Waals surface area contributed by atoms with Gasteiger partial charge in [-0.15, -0.1) is 0 Å². The molecule has 0 aliphatic carbocycles. The maximum atomic E-state index is 14.9. The summed E-state index contributed by atoms with van der Waals surface area (Å²) in [5.41, 5.74) is 13.1. The average Bonchev–Trinajstić information content (AvgIpc) is 3.33. The molecule has 1 aromatic carbocycles. The second-order valence-electron chi connectivity index (χ2n) is 9.63. The van der Waals surface area contributed by atoms with Crippen LogP contribution in [0.15, 0.2) is 43.0 Å². The number of piperidine rings is 1. The number of nitrogens with two attached hydrogens (primary N) is 2. The van der Waals surface area contributed by atoms with Gasteiger partial charge in [0.15, 0.2) is 23.0 Å². The molecule has 3 aromatic heterocycles. The van der Waals surface area contributed by atoms with Crippen LogP contribution >= 0.6 is 0 Å². The molecule has 0 unspecified atom stereocenters. The Morgan fingerprint density at radius 1 is 1.13 bits per heavy atom. The van der Waals surface area contributed by atoms with Crippen LogP contribution in [0.3, 0.4) is 0 Å². The van der Waals surface area contributed by atoms with Gasteiger partial charge in [-0.1, -0.05) is 0 Å². The van der Waals surface area contributed by atoms with Crippen molar-refractivity contribution in [3.05, 3.63) is 65.9 Å². The first-order valence-electron chi connectivity index (χ1n) is 12.2. The molecule has 5 rings (SSSR count). The summed E-state index contributed by atoms with van der Waals surface area (Å²) in [7, 11) is 1.24. The fourth-order valence-electron chi connectivity index (χ4n) is 5.07. The lowest BCUT2D eigenvalue weighted by Gasteiger charge is -2.44. The number of imidazole rings is 1. The minimum atomic E-state index is -3.00. The molecule has 0 saturated carbocycles. The molecule has 1 saturated heterocycles. The third-order valence-corrected chi connectivity index (χ3v) is 7.11. The average molecular weight is 546 g/mol. The Balaban J connectivity index is 1.60. The van der Waals surface area contributed by atoms with E-state index in [0.29, 0.717) is 35.6 Å². The number of nitrogens with zero attached hydrogens (tertiary/aromatic N) is 5. The zero-order valence-corrected chi connectivity index (χ0v) is 21.0. The van der Waals surface area contributed by atoms with Crippen LogP contribution in [0.1, 0.15) is 24.1 Å². The summed E-state index contributed by atoms with van der Waals surface area (Å²) in [6, 6.07) is 3.56. The van der Waals surface area contributed by atoms with Gasteiger partial charge in [0, 0.05) is 55.4 Å². The summed E-state index contributed by atoms with van der Waals surface area (Å²) in [5.74, 6) is -1.49. The second-order valence-corrected chi connectivity index (χ2v) is 9.63. The first-order valence-corrected chi connectivity index (χ1v) is 12.2. The van der Waals surface area contributed by atoms with Gasteiger partial charge in [-0.3, -0.25) is 9.38 Å². The van der Waals surface area contributed by atoms with E-state index in [9.17, 15) is 22.7 Å². The Hall–Kier alpha value is -3.97. The number of fused-ring (bicyclic) bond motifs is 1. The van der Waals surface area contributed by atoms with Gasteiger partial charge in [0.05, 0.1) is 30.2 Å². The van der Waals surface area contributed by atoms with E-state index in [1.807, 2.05) is 0 Å². The van der Waals surface area contributed by atoms with Gasteiger partial charge in [-0.2, -0.15) is 0 Å². The SMILES string of the molecule is COc1cc(F)c(-c2cc(Cc3cnc4c(N)nccn34)c(N3CCC[C@](N)([C@H](O)C(F)F)C3)cn2)cc1F. The maximum absolute atomic E-state index is 14.9. The smallest absolute Gasteiger partial charge is 0.265 e. The zero-order valence-electron chi connectivity index (χ0n) is 21.0. The summed E-state index contributed by atoms with van der Waals surface area (Å²) in [6.45, 7) is 0.417. The minimum absolute atomic E-state index is 0.0535. The molecule has 13 heteroatoms. The molecule has 1 aliphatic rings. The number of hydrogen-bond acceptors (Lipinski definition) is 8. The molecule has 0 spiro atoms. The normalized spacial score (nSPS) is 18.6. The summed E-state index contributed by atoms with van der Waals surface area (Å²) in [6.07, 6.45) is 2.23. The number of alkyl halides is 2. The molecular weight excluding hydrogens is 518 g/mol. The Labute approximate surface area is 221 Å². The fraction of sp³-hybridized carbons (Fsp3) is 0.346. The number of rotatable bonds is 7. The molecule has 0 amide bonds. The van der Waals surface area contributed by atoms with Crippen molar-refractivity contribution in [1.82, 2.24) is 19.4 Å². The number of ether oxygens (including phenoxy) is 1. The number of benzene rings is 1. The van der Waals surface area contributed by atoms with Crippen molar-refractivity contribution < 1.29 is 27.4 Å². The molecule has 206 valence electrons. The van der Waals surface area contributed by atoms with Crippen LogP contribution < -0.4 is 21.1 Å². The Morgan fingerprint density at radius 2 is 1.92 bits per heavy atom. The van der Waals surface area contributed by atoms with Crippen molar-refractivity contribution in [3.8, 4) is 17.0 Å². The van der Waals surface area contributed by atoms with Crippen LogP contribution in [0.5, 0.6) is 5.75 Å². The van der Waals surface area contributed by atoms with Crippen molar-refractivity contribution in [3.63, 3.8) is 0 Å². The summed E-state index contributed by atoms with van der Waals surface area (Å²) in [4.78, 5) is 14.5. The number of anilines is 2. The van der Waals surface area contributed by atoms with Gasteiger partial charge in [0.2, 0.25) is 0 Å². The summed E-state index contributed by atoms with van der Waals surface area (Å²) >= 11 is 0. The lowest BCUT2D eigenvalue weighted by molar-refractivity contribution is -0.0529. The van der Waals surface area contributed by atoms with Crippen LogP contribution in [0.2, 0.25) is 0 Å². The van der Waals surface area contributed by atoms with Gasteiger partial charge in [0.1, 0.15) is 11.9 Å². The molecule has 4 heterocycles. The lowest BCUT2D eigenvalue weighted by Crippen LogP contribution is -2.63. The molecule has 39 heavy (non-hydrogen) atoms. The minimum Gasteiger partial charge on any atom is -0.494 e. The van der Waals surface area contributed by atoms with Gasteiger partial charge < -0.3 is 26.2 Å². The highest BCUT2D eigenvalue weighted by atomic mass is 19.3. The first kappa shape index (κ1) is 26.6. The first-order chi connectivity index (χ1) is 18.6. The van der Waals surface area contributed by atoms with E-state index in [-0.39, 0.29) is 42.2 Å². The quantitative estimate of drug-likeness (QED) is 0.302. The fourth-order valence-corrected chi connectivity index (χ4v) is 5.07. The van der Waals surface area contributed by atoms with Crippen molar-refractivity contribution in [2.75, 3.05) is 30.8 Å². The van der Waals surface area contributed by atoms with Crippen LogP contribution in [0.4, 0.5) is 29.1 Å². The second kappa shape index (κ2) is 10.3. The highest BCUT2D eigenvalue weighted by Crippen LogP contribution is 2.35. The Morgan fingerprint density at radius 3 is 2.67 bits per heavy atom. The number of aliphatic hydroxyl groups excluding tert-OH is 1. The Bertz CT molecular complexity index is 1520. The number of aromatic nitrogens is 4. The van der Waals surface area contributed by atoms with E-state index in [4.69, 9.17) is 16.2 Å². The summed E-state index contributed by atoms with van der Waals surface area (Å²) in [5, 5.41) is 10.2. The number of methoxy groups -OCH3 is 1. The van der Waals surface area contributed by atoms with Gasteiger partial charge >= 0.3 is 0 Å². The maximum Gasteiger partial charge on any atom is 0.265 e. The largest absolute Gasteiger partial charge is 0.494 e. The van der Waals surface area contributed by atoms with Crippen molar-refractivity contribution >= 4 is 17.2 Å². The molecule has 5 N–H and O–H groups in total. The van der Waals surface area contributed by atoms with E-state index in [2.05, 4.69) is 15.0 Å². The van der Waals surface area contributed by atoms with Gasteiger partial charge in [-0.25, -0.2) is 27.5 Å². The molecule has 2 atom stereocenters. The lowest BCUT2D eigenvalue weighted by atomic mass is 9.84. The monoisotopic (exact) mass is 545 g/mol. The third kappa shape index (κ3) is 4.94. The number of hydrogen-bond donors (Lipinski definition) is 3. The van der Waals surface area contributed by atoms with Gasteiger partial charge in [0.25, 0.3) is 6.43 Å². The van der Waals surface area contributed by atoms with Crippen LogP contribution in [0, 0.1) is 11.6 Å². The zero-order chi connectivity index (χ0) is 27.9. The van der Waals surface area contributed by atoms with Gasteiger partial charge in [-0.05, 0) is 30.5 Å². The topological polar surface area (TPSA) is 128 Å². The van der Waals surface area contributed by atoms with Crippen LogP contribution in [-0.2, 0) is 6.42 Å². The predicted octanol–water partition coefficient (Wildman–Crippen LogP) is 3.17. The van der Waals surface area contributed by atoms with E-state index >= 15 is 0 Å². The highest BCUT2D eigenvalue weighted by molar-refractivity contribution is 5.67. The molecular formula is C26H27F4N7O2. The number of halogens is 4. The number of nitrogen functional groups attached to an aromatic ring is 1. The van der Waals surface area contributed by atoms with Crippen molar-refractivity contribution in [2.45, 2.75) is 37.3 Å².